The maximum absolute atomic E-state index is 12.1. The van der Waals surface area contributed by atoms with Crippen molar-refractivity contribution in [3.05, 3.63) is 55.7 Å². The lowest BCUT2D eigenvalue weighted by atomic mass is 10.2. The summed E-state index contributed by atoms with van der Waals surface area (Å²) < 4.78 is 1.72. The Balaban J connectivity index is 2.10. The molecule has 0 fully saturated rings. The second kappa shape index (κ2) is 5.50. The molecule has 4 N–H and O–H groups in total. The van der Waals surface area contributed by atoms with Crippen molar-refractivity contribution in [1.82, 2.24) is 9.97 Å². The van der Waals surface area contributed by atoms with Crippen LogP contribution in [0.3, 0.4) is 0 Å². The summed E-state index contributed by atoms with van der Waals surface area (Å²) in [4.78, 5) is 19.2. The van der Waals surface area contributed by atoms with E-state index in [2.05, 4.69) is 47.1 Å². The molecule has 0 unspecified atom stereocenters. The molecule has 1 aromatic heterocycles. The third-order valence-electron chi connectivity index (χ3n) is 2.94. The van der Waals surface area contributed by atoms with E-state index in [-0.39, 0.29) is 5.56 Å². The van der Waals surface area contributed by atoms with E-state index in [4.69, 9.17) is 5.73 Å². The molecule has 0 radical (unpaired) electrons. The van der Waals surface area contributed by atoms with Gasteiger partial charge >= 0.3 is 0 Å². The van der Waals surface area contributed by atoms with Crippen molar-refractivity contribution < 1.29 is 0 Å². The Morgan fingerprint density at radius 1 is 1.14 bits per heavy atom. The summed E-state index contributed by atoms with van der Waals surface area (Å²) in [6.45, 7) is 0. The number of aromatic amines is 1. The van der Waals surface area contributed by atoms with Crippen LogP contribution < -0.4 is 16.6 Å². The van der Waals surface area contributed by atoms with Gasteiger partial charge in [0.2, 0.25) is 5.95 Å². The van der Waals surface area contributed by atoms with Crippen LogP contribution in [0.2, 0.25) is 0 Å². The van der Waals surface area contributed by atoms with Gasteiger partial charge < -0.3 is 11.1 Å². The number of aromatic nitrogens is 2. The molecule has 5 nitrogen and oxygen atoms in total. The zero-order valence-corrected chi connectivity index (χ0v) is 13.8. The summed E-state index contributed by atoms with van der Waals surface area (Å²) in [7, 11) is 0. The van der Waals surface area contributed by atoms with Crippen LogP contribution in [0.25, 0.3) is 10.9 Å². The van der Waals surface area contributed by atoms with Crippen molar-refractivity contribution in [1.29, 1.82) is 0 Å². The fourth-order valence-electron chi connectivity index (χ4n) is 1.95. The molecule has 1 heterocycles. The van der Waals surface area contributed by atoms with E-state index < -0.39 is 0 Å². The molecule has 21 heavy (non-hydrogen) atoms. The highest BCUT2D eigenvalue weighted by Gasteiger charge is 2.08. The first-order valence-electron chi connectivity index (χ1n) is 6.05. The van der Waals surface area contributed by atoms with Gasteiger partial charge in [0.15, 0.2) is 0 Å². The number of hydrogen-bond acceptors (Lipinski definition) is 4. The van der Waals surface area contributed by atoms with Crippen molar-refractivity contribution in [2.75, 3.05) is 11.1 Å². The molecule has 106 valence electrons. The summed E-state index contributed by atoms with van der Waals surface area (Å²) >= 11 is 6.91. The molecule has 0 saturated carbocycles. The Kier molecular flexibility index (Phi) is 3.69. The van der Waals surface area contributed by atoms with Gasteiger partial charge in [-0.2, -0.15) is 0 Å². The minimum absolute atomic E-state index is 0.238. The fourth-order valence-corrected chi connectivity index (χ4v) is 3.15. The molecule has 0 amide bonds. The van der Waals surface area contributed by atoms with Crippen LogP contribution in [0, 0.1) is 0 Å². The number of nitrogen functional groups attached to an aromatic ring is 1. The number of nitrogens with one attached hydrogen (secondary N) is 2. The Labute approximate surface area is 136 Å². The molecule has 3 aromatic rings. The molecule has 0 aliphatic heterocycles. The molecule has 2 aromatic carbocycles. The maximum atomic E-state index is 12.1. The van der Waals surface area contributed by atoms with Gasteiger partial charge in [0.1, 0.15) is 0 Å². The molecule has 0 saturated heterocycles. The largest absolute Gasteiger partial charge is 0.399 e. The van der Waals surface area contributed by atoms with Crippen molar-refractivity contribution >= 4 is 60.1 Å². The molecule has 3 rings (SSSR count). The number of anilines is 3. The summed E-state index contributed by atoms with van der Waals surface area (Å²) in [5.74, 6) is 0.366. The first-order chi connectivity index (χ1) is 10.0. The van der Waals surface area contributed by atoms with Crippen LogP contribution >= 0.6 is 31.9 Å². The average molecular weight is 410 g/mol. The third-order valence-corrected chi connectivity index (χ3v) is 4.26. The maximum Gasteiger partial charge on any atom is 0.260 e. The first kappa shape index (κ1) is 14.1. The molecule has 0 atom stereocenters. The number of hydrogen-bond donors (Lipinski definition) is 3. The van der Waals surface area contributed by atoms with Crippen LogP contribution in [-0.4, -0.2) is 9.97 Å². The lowest BCUT2D eigenvalue weighted by Crippen LogP contribution is -2.11. The standard InChI is InChI=1S/C14H10Br2N4O/c15-9-2-1-3-10(16)12(9)19-14-18-11-5-4-7(17)6-8(11)13(21)20-14/h1-6H,17H2,(H2,18,19,20,21). The normalized spacial score (nSPS) is 10.8. The highest BCUT2D eigenvalue weighted by atomic mass is 79.9. The van der Waals surface area contributed by atoms with E-state index in [1.807, 2.05) is 18.2 Å². The third kappa shape index (κ3) is 2.79. The van der Waals surface area contributed by atoms with Crippen LogP contribution in [0.15, 0.2) is 50.1 Å². The smallest absolute Gasteiger partial charge is 0.260 e. The van der Waals surface area contributed by atoms with Crippen molar-refractivity contribution in [3.8, 4) is 0 Å². The lowest BCUT2D eigenvalue weighted by Gasteiger charge is -2.10. The van der Waals surface area contributed by atoms with Crippen molar-refractivity contribution in [2.45, 2.75) is 0 Å². The van der Waals surface area contributed by atoms with Gasteiger partial charge in [-0.1, -0.05) is 6.07 Å². The fraction of sp³-hybridized carbons (Fsp3) is 0. The zero-order chi connectivity index (χ0) is 15.0. The average Bonchev–Trinajstić information content (AvgIpc) is 2.44. The molecule has 0 aliphatic carbocycles. The molecule has 0 spiro atoms. The van der Waals surface area contributed by atoms with Crippen molar-refractivity contribution in [2.24, 2.45) is 0 Å². The minimum Gasteiger partial charge on any atom is -0.399 e. The Hall–Kier alpha value is -1.86. The molecule has 0 bridgehead atoms. The number of rotatable bonds is 2. The Morgan fingerprint density at radius 3 is 2.57 bits per heavy atom. The van der Waals surface area contributed by atoms with E-state index in [0.717, 1.165) is 14.6 Å². The van der Waals surface area contributed by atoms with E-state index in [9.17, 15) is 4.79 Å². The summed E-state index contributed by atoms with van der Waals surface area (Å²) in [5.41, 5.74) is 7.35. The van der Waals surface area contributed by atoms with E-state index in [1.165, 1.54) is 0 Å². The van der Waals surface area contributed by atoms with Gasteiger partial charge in [-0.15, -0.1) is 0 Å². The number of fused-ring (bicyclic) bond motifs is 1. The highest BCUT2D eigenvalue weighted by Crippen LogP contribution is 2.32. The summed E-state index contributed by atoms with van der Waals surface area (Å²) in [6.07, 6.45) is 0. The Bertz CT molecular complexity index is 872. The molecule has 0 aliphatic rings. The zero-order valence-electron chi connectivity index (χ0n) is 10.7. The minimum atomic E-state index is -0.238. The number of nitrogens with zero attached hydrogens (tertiary/aromatic N) is 1. The number of benzene rings is 2. The van der Waals surface area contributed by atoms with Crippen LogP contribution in [0.4, 0.5) is 17.3 Å². The van der Waals surface area contributed by atoms with Crippen LogP contribution in [0.1, 0.15) is 0 Å². The number of halogens is 2. The summed E-state index contributed by atoms with van der Waals surface area (Å²) in [6, 6.07) is 10.7. The van der Waals surface area contributed by atoms with Crippen LogP contribution in [0.5, 0.6) is 0 Å². The van der Waals surface area contributed by atoms with E-state index in [0.29, 0.717) is 22.5 Å². The molecule has 7 heteroatoms. The van der Waals surface area contributed by atoms with Crippen LogP contribution in [-0.2, 0) is 0 Å². The monoisotopic (exact) mass is 408 g/mol. The van der Waals surface area contributed by atoms with Gasteiger partial charge in [-0.3, -0.25) is 9.78 Å². The topological polar surface area (TPSA) is 83.8 Å². The second-order valence-corrected chi connectivity index (χ2v) is 6.12. The van der Waals surface area contributed by atoms with E-state index >= 15 is 0 Å². The van der Waals surface area contributed by atoms with Gasteiger partial charge in [-0.25, -0.2) is 4.98 Å². The summed E-state index contributed by atoms with van der Waals surface area (Å²) in [5, 5.41) is 3.56. The predicted octanol–water partition coefficient (Wildman–Crippen LogP) is 3.77. The number of para-hydroxylation sites is 1. The van der Waals surface area contributed by atoms with E-state index in [1.54, 1.807) is 18.2 Å². The first-order valence-corrected chi connectivity index (χ1v) is 7.64. The second-order valence-electron chi connectivity index (χ2n) is 4.41. The SMILES string of the molecule is Nc1ccc2nc(Nc3c(Br)cccc3Br)[nH]c(=O)c2c1. The highest BCUT2D eigenvalue weighted by molar-refractivity contribution is 9.11. The number of H-pyrrole nitrogens is 1. The van der Waals surface area contributed by atoms with Gasteiger partial charge in [0.05, 0.1) is 16.6 Å². The van der Waals surface area contributed by atoms with Gasteiger partial charge in [-0.05, 0) is 62.2 Å². The quantitative estimate of drug-likeness (QED) is 0.562. The number of nitrogens with two attached hydrogens (primary N) is 1. The van der Waals surface area contributed by atoms with Gasteiger partial charge in [0.25, 0.3) is 5.56 Å². The van der Waals surface area contributed by atoms with Gasteiger partial charge in [0, 0.05) is 14.6 Å². The molecular weight excluding hydrogens is 400 g/mol. The lowest BCUT2D eigenvalue weighted by molar-refractivity contribution is 1.17. The molecular formula is C14H10Br2N4O. The predicted molar refractivity (Wildman–Crippen MR) is 91.9 cm³/mol. The Morgan fingerprint density at radius 2 is 1.86 bits per heavy atom. The van der Waals surface area contributed by atoms with Crippen molar-refractivity contribution in [3.63, 3.8) is 0 Å².